The van der Waals surface area contributed by atoms with E-state index in [1.54, 1.807) is 0 Å². The summed E-state index contributed by atoms with van der Waals surface area (Å²) in [6.07, 6.45) is -4.10. The number of halogens is 3. The fourth-order valence-electron chi connectivity index (χ4n) is 1.23. The lowest BCUT2D eigenvalue weighted by Crippen LogP contribution is -2.39. The van der Waals surface area contributed by atoms with Crippen molar-refractivity contribution in [2.24, 2.45) is 0 Å². The average Bonchev–Trinajstić information content (AvgIpc) is 2.01. The van der Waals surface area contributed by atoms with Crippen molar-refractivity contribution in [2.45, 2.75) is 33.0 Å². The van der Waals surface area contributed by atoms with E-state index in [-0.39, 0.29) is 0 Å². The Morgan fingerprint density at radius 3 is 2.21 bits per heavy atom. The second kappa shape index (κ2) is 6.24. The summed E-state index contributed by atoms with van der Waals surface area (Å²) >= 11 is 0. The maximum absolute atomic E-state index is 11.7. The van der Waals surface area contributed by atoms with Crippen LogP contribution < -0.4 is 5.32 Å². The Kier molecular flexibility index (Phi) is 6.11. The molecule has 0 atom stereocenters. The van der Waals surface area contributed by atoms with Crippen LogP contribution in [-0.2, 0) is 0 Å². The first-order valence-corrected chi connectivity index (χ1v) is 4.88. The van der Waals surface area contributed by atoms with Crippen molar-refractivity contribution in [1.82, 2.24) is 10.2 Å². The van der Waals surface area contributed by atoms with Gasteiger partial charge >= 0.3 is 6.18 Å². The summed E-state index contributed by atoms with van der Waals surface area (Å²) in [5.41, 5.74) is 0. The van der Waals surface area contributed by atoms with Gasteiger partial charge in [0.1, 0.15) is 0 Å². The van der Waals surface area contributed by atoms with E-state index < -0.39 is 12.7 Å². The minimum absolute atomic E-state index is 0.380. The average molecular weight is 212 g/mol. The van der Waals surface area contributed by atoms with E-state index in [9.17, 15) is 13.2 Å². The standard InChI is InChI=1S/C9H19F3N2/c1-4-14(8(2)3)6-5-13-7-9(10,11)12/h8,13H,4-7H2,1-3H3. The zero-order valence-electron chi connectivity index (χ0n) is 8.99. The molecule has 0 radical (unpaired) electrons. The van der Waals surface area contributed by atoms with Gasteiger partial charge in [-0.25, -0.2) is 0 Å². The van der Waals surface area contributed by atoms with Gasteiger partial charge in [-0.1, -0.05) is 6.92 Å². The molecule has 14 heavy (non-hydrogen) atoms. The minimum atomic E-state index is -4.10. The summed E-state index contributed by atoms with van der Waals surface area (Å²) < 4.78 is 35.2. The Morgan fingerprint density at radius 2 is 1.86 bits per heavy atom. The molecule has 0 saturated carbocycles. The zero-order valence-corrected chi connectivity index (χ0v) is 8.99. The van der Waals surface area contributed by atoms with Crippen molar-refractivity contribution in [3.63, 3.8) is 0 Å². The predicted molar refractivity (Wildman–Crippen MR) is 51.3 cm³/mol. The lowest BCUT2D eigenvalue weighted by molar-refractivity contribution is -0.124. The Labute approximate surface area is 83.5 Å². The Hall–Kier alpha value is -0.290. The normalized spacial score (nSPS) is 12.9. The number of nitrogens with one attached hydrogen (secondary N) is 1. The van der Waals surface area contributed by atoms with Crippen LogP contribution in [0, 0.1) is 0 Å². The molecule has 0 aliphatic carbocycles. The Bertz CT molecular complexity index is 145. The molecule has 0 rings (SSSR count). The van der Waals surface area contributed by atoms with Crippen LogP contribution in [0.2, 0.25) is 0 Å². The molecule has 0 aliphatic rings. The highest BCUT2D eigenvalue weighted by molar-refractivity contribution is 4.63. The van der Waals surface area contributed by atoms with Crippen molar-refractivity contribution < 1.29 is 13.2 Å². The molecule has 0 aliphatic heterocycles. The summed E-state index contributed by atoms with van der Waals surface area (Å²) in [6.45, 7) is 7.08. The smallest absolute Gasteiger partial charge is 0.307 e. The second-order valence-electron chi connectivity index (χ2n) is 3.51. The van der Waals surface area contributed by atoms with Gasteiger partial charge in [-0.2, -0.15) is 13.2 Å². The maximum atomic E-state index is 11.7. The van der Waals surface area contributed by atoms with Gasteiger partial charge < -0.3 is 5.32 Å². The third-order valence-corrected chi connectivity index (χ3v) is 2.04. The molecule has 0 aromatic carbocycles. The molecule has 1 N–H and O–H groups in total. The van der Waals surface area contributed by atoms with Gasteiger partial charge in [-0.15, -0.1) is 0 Å². The highest BCUT2D eigenvalue weighted by Gasteiger charge is 2.26. The maximum Gasteiger partial charge on any atom is 0.401 e. The fraction of sp³-hybridized carbons (Fsp3) is 1.00. The lowest BCUT2D eigenvalue weighted by atomic mass is 10.3. The Morgan fingerprint density at radius 1 is 1.29 bits per heavy atom. The molecule has 0 amide bonds. The molecule has 0 fully saturated rings. The van der Waals surface area contributed by atoms with Gasteiger partial charge in [0.15, 0.2) is 0 Å². The van der Waals surface area contributed by atoms with Gasteiger partial charge in [-0.05, 0) is 20.4 Å². The van der Waals surface area contributed by atoms with Crippen LogP contribution in [0.5, 0.6) is 0 Å². The molecule has 86 valence electrons. The third-order valence-electron chi connectivity index (χ3n) is 2.04. The van der Waals surface area contributed by atoms with Crippen LogP contribution in [0.25, 0.3) is 0 Å². The van der Waals surface area contributed by atoms with Crippen molar-refractivity contribution in [3.05, 3.63) is 0 Å². The predicted octanol–water partition coefficient (Wildman–Crippen LogP) is 1.87. The molecule has 0 bridgehead atoms. The number of likely N-dealkylation sites (N-methyl/N-ethyl adjacent to an activating group) is 1. The molecule has 2 nitrogen and oxygen atoms in total. The van der Waals surface area contributed by atoms with Gasteiger partial charge in [0.2, 0.25) is 0 Å². The van der Waals surface area contributed by atoms with Crippen molar-refractivity contribution in [2.75, 3.05) is 26.2 Å². The van der Waals surface area contributed by atoms with Crippen LogP contribution in [0.3, 0.4) is 0 Å². The summed E-state index contributed by atoms with van der Waals surface area (Å²) in [5, 5.41) is 2.38. The number of rotatable bonds is 6. The summed E-state index contributed by atoms with van der Waals surface area (Å²) in [7, 11) is 0. The third kappa shape index (κ3) is 7.15. The molecule has 5 heteroatoms. The van der Waals surface area contributed by atoms with E-state index in [2.05, 4.69) is 10.2 Å². The van der Waals surface area contributed by atoms with E-state index in [1.165, 1.54) is 0 Å². The van der Waals surface area contributed by atoms with Gasteiger partial charge in [0.25, 0.3) is 0 Å². The van der Waals surface area contributed by atoms with Crippen molar-refractivity contribution >= 4 is 0 Å². The molecule has 0 saturated heterocycles. The quantitative estimate of drug-likeness (QED) is 0.676. The lowest BCUT2D eigenvalue weighted by Gasteiger charge is -2.24. The van der Waals surface area contributed by atoms with Crippen LogP contribution in [0.1, 0.15) is 20.8 Å². The van der Waals surface area contributed by atoms with Gasteiger partial charge in [0, 0.05) is 19.1 Å². The highest BCUT2D eigenvalue weighted by atomic mass is 19.4. The molecule has 0 heterocycles. The van der Waals surface area contributed by atoms with Crippen LogP contribution in [0.4, 0.5) is 13.2 Å². The number of nitrogens with zero attached hydrogens (tertiary/aromatic N) is 1. The van der Waals surface area contributed by atoms with E-state index >= 15 is 0 Å². The summed E-state index contributed by atoms with van der Waals surface area (Å²) in [5.74, 6) is 0. The summed E-state index contributed by atoms with van der Waals surface area (Å²) in [4.78, 5) is 2.11. The molecule has 0 unspecified atom stereocenters. The first-order valence-electron chi connectivity index (χ1n) is 4.88. The fourth-order valence-corrected chi connectivity index (χ4v) is 1.23. The second-order valence-corrected chi connectivity index (χ2v) is 3.51. The van der Waals surface area contributed by atoms with E-state index in [0.717, 1.165) is 6.54 Å². The summed E-state index contributed by atoms with van der Waals surface area (Å²) in [6, 6.07) is 0.382. The zero-order chi connectivity index (χ0) is 11.2. The minimum Gasteiger partial charge on any atom is -0.307 e. The topological polar surface area (TPSA) is 15.3 Å². The van der Waals surface area contributed by atoms with Crippen molar-refractivity contribution in [3.8, 4) is 0 Å². The Balaban J connectivity index is 3.52. The van der Waals surface area contributed by atoms with E-state index in [1.807, 2.05) is 20.8 Å². The first kappa shape index (κ1) is 13.7. The molecular formula is C9H19F3N2. The highest BCUT2D eigenvalue weighted by Crippen LogP contribution is 2.11. The van der Waals surface area contributed by atoms with Crippen LogP contribution in [0.15, 0.2) is 0 Å². The van der Waals surface area contributed by atoms with Gasteiger partial charge in [-0.3, -0.25) is 4.90 Å². The monoisotopic (exact) mass is 212 g/mol. The molecule has 0 aromatic heterocycles. The first-order chi connectivity index (χ1) is 6.37. The number of hydrogen-bond acceptors (Lipinski definition) is 2. The molecule has 0 spiro atoms. The number of alkyl halides is 3. The van der Waals surface area contributed by atoms with Gasteiger partial charge in [0.05, 0.1) is 6.54 Å². The van der Waals surface area contributed by atoms with E-state index in [4.69, 9.17) is 0 Å². The van der Waals surface area contributed by atoms with E-state index in [0.29, 0.717) is 19.1 Å². The van der Waals surface area contributed by atoms with Crippen LogP contribution >= 0.6 is 0 Å². The van der Waals surface area contributed by atoms with Crippen LogP contribution in [-0.4, -0.2) is 43.3 Å². The number of hydrogen-bond donors (Lipinski definition) is 1. The molecule has 0 aromatic rings. The largest absolute Gasteiger partial charge is 0.401 e. The molecular weight excluding hydrogens is 193 g/mol. The SMILES string of the molecule is CCN(CCNCC(F)(F)F)C(C)C. The van der Waals surface area contributed by atoms with Crippen molar-refractivity contribution in [1.29, 1.82) is 0 Å².